The van der Waals surface area contributed by atoms with Crippen molar-refractivity contribution in [3.8, 4) is 5.75 Å². The van der Waals surface area contributed by atoms with Gasteiger partial charge >= 0.3 is 0 Å². The number of carbonyl (C=O) groups excluding carboxylic acids is 2. The van der Waals surface area contributed by atoms with Gasteiger partial charge in [-0.1, -0.05) is 25.3 Å². The van der Waals surface area contributed by atoms with E-state index in [2.05, 4.69) is 0 Å². The molecule has 136 valence electrons. The number of ether oxygens (including phenoxy) is 1. The van der Waals surface area contributed by atoms with Crippen LogP contribution in [-0.4, -0.2) is 43.5 Å². The minimum Gasteiger partial charge on any atom is -0.495 e. The molecule has 3 rings (SSSR count). The summed E-state index contributed by atoms with van der Waals surface area (Å²) in [6.07, 6.45) is 6.10. The van der Waals surface area contributed by atoms with Crippen molar-refractivity contribution < 1.29 is 14.3 Å². The van der Waals surface area contributed by atoms with Crippen molar-refractivity contribution in [3.05, 3.63) is 23.8 Å². The van der Waals surface area contributed by atoms with Gasteiger partial charge in [0.2, 0.25) is 11.8 Å². The zero-order chi connectivity index (χ0) is 18.0. The van der Waals surface area contributed by atoms with Crippen LogP contribution in [0, 0.1) is 12.8 Å². The molecule has 2 amide bonds. The Morgan fingerprint density at radius 1 is 1.24 bits per heavy atom. The van der Waals surface area contributed by atoms with Crippen molar-refractivity contribution in [2.75, 3.05) is 25.6 Å². The standard InChI is InChI=1S/C20H28N2O3/c1-14-9-10-18(25-3)17(11-14)22-13-15(12-19(22)23)20(24)21(2)16-7-5-4-6-8-16/h9-11,15-16H,4-8,12-13H2,1-3H3. The summed E-state index contributed by atoms with van der Waals surface area (Å²) in [6, 6.07) is 6.12. The van der Waals surface area contributed by atoms with Gasteiger partial charge in [0, 0.05) is 26.1 Å². The molecule has 0 N–H and O–H groups in total. The van der Waals surface area contributed by atoms with Gasteiger partial charge in [0.1, 0.15) is 5.75 Å². The maximum absolute atomic E-state index is 12.9. The molecule has 25 heavy (non-hydrogen) atoms. The molecule has 0 bridgehead atoms. The van der Waals surface area contributed by atoms with Crippen molar-refractivity contribution in [2.45, 2.75) is 51.5 Å². The summed E-state index contributed by atoms with van der Waals surface area (Å²) in [5, 5.41) is 0. The number of nitrogens with zero attached hydrogens (tertiary/aromatic N) is 2. The topological polar surface area (TPSA) is 49.9 Å². The fraction of sp³-hybridized carbons (Fsp3) is 0.600. The molecule has 1 saturated carbocycles. The molecule has 1 aromatic rings. The summed E-state index contributed by atoms with van der Waals surface area (Å²) >= 11 is 0. The molecule has 1 aliphatic carbocycles. The van der Waals surface area contributed by atoms with E-state index in [1.807, 2.05) is 37.1 Å². The maximum Gasteiger partial charge on any atom is 0.228 e. The second kappa shape index (κ2) is 7.46. The van der Waals surface area contributed by atoms with Crippen LogP contribution >= 0.6 is 0 Å². The van der Waals surface area contributed by atoms with Crippen LogP contribution in [0.3, 0.4) is 0 Å². The fourth-order valence-electron chi connectivity index (χ4n) is 4.05. The number of rotatable bonds is 4. The molecule has 2 fully saturated rings. The van der Waals surface area contributed by atoms with E-state index in [-0.39, 0.29) is 24.2 Å². The Labute approximate surface area is 149 Å². The molecule has 5 heteroatoms. The van der Waals surface area contributed by atoms with Crippen LogP contribution in [0.25, 0.3) is 0 Å². The van der Waals surface area contributed by atoms with E-state index in [1.165, 1.54) is 19.3 Å². The predicted molar refractivity (Wildman–Crippen MR) is 97.8 cm³/mol. The zero-order valence-electron chi connectivity index (χ0n) is 15.5. The molecule has 5 nitrogen and oxygen atoms in total. The first-order valence-corrected chi connectivity index (χ1v) is 9.23. The molecular formula is C20H28N2O3. The number of hydrogen-bond acceptors (Lipinski definition) is 3. The zero-order valence-corrected chi connectivity index (χ0v) is 15.5. The second-order valence-corrected chi connectivity index (χ2v) is 7.32. The first kappa shape index (κ1) is 17.8. The number of methoxy groups -OCH3 is 1. The minimum atomic E-state index is -0.260. The lowest BCUT2D eigenvalue weighted by molar-refractivity contribution is -0.137. The third-order valence-corrected chi connectivity index (χ3v) is 5.57. The number of benzene rings is 1. The SMILES string of the molecule is COc1ccc(C)cc1N1CC(C(=O)N(C)C2CCCCC2)CC1=O. The highest BCUT2D eigenvalue weighted by Gasteiger charge is 2.38. The van der Waals surface area contributed by atoms with Crippen LogP contribution in [0.15, 0.2) is 18.2 Å². The Bertz CT molecular complexity index is 652. The van der Waals surface area contributed by atoms with E-state index in [9.17, 15) is 9.59 Å². The molecule has 0 aromatic heterocycles. The number of amides is 2. The Hall–Kier alpha value is -2.04. The summed E-state index contributed by atoms with van der Waals surface area (Å²) in [4.78, 5) is 29.1. The third kappa shape index (κ3) is 3.65. The first-order valence-electron chi connectivity index (χ1n) is 9.23. The largest absolute Gasteiger partial charge is 0.495 e. The Kier molecular flexibility index (Phi) is 5.30. The van der Waals surface area contributed by atoms with Gasteiger partial charge in [-0.15, -0.1) is 0 Å². The van der Waals surface area contributed by atoms with Gasteiger partial charge in [0.05, 0.1) is 18.7 Å². The van der Waals surface area contributed by atoms with E-state index in [0.717, 1.165) is 24.1 Å². The van der Waals surface area contributed by atoms with Gasteiger partial charge in [-0.25, -0.2) is 0 Å². The van der Waals surface area contributed by atoms with E-state index < -0.39 is 0 Å². The van der Waals surface area contributed by atoms with Crippen LogP contribution in [0.1, 0.15) is 44.1 Å². The predicted octanol–water partition coefficient (Wildman–Crippen LogP) is 3.15. The van der Waals surface area contributed by atoms with Gasteiger partial charge in [-0.3, -0.25) is 9.59 Å². The lowest BCUT2D eigenvalue weighted by Crippen LogP contribution is -2.42. The molecule has 1 saturated heterocycles. The van der Waals surface area contributed by atoms with Crippen molar-refractivity contribution >= 4 is 17.5 Å². The average Bonchev–Trinajstić information content (AvgIpc) is 3.02. The first-order chi connectivity index (χ1) is 12.0. The monoisotopic (exact) mass is 344 g/mol. The third-order valence-electron chi connectivity index (χ3n) is 5.57. The molecule has 1 unspecified atom stereocenters. The Morgan fingerprint density at radius 2 is 1.96 bits per heavy atom. The number of carbonyl (C=O) groups is 2. The van der Waals surface area contributed by atoms with Crippen LogP contribution in [0.5, 0.6) is 5.75 Å². The van der Waals surface area contributed by atoms with E-state index >= 15 is 0 Å². The summed E-state index contributed by atoms with van der Waals surface area (Å²) in [7, 11) is 3.51. The highest BCUT2D eigenvalue weighted by atomic mass is 16.5. The van der Waals surface area contributed by atoms with E-state index in [4.69, 9.17) is 4.74 Å². The summed E-state index contributed by atoms with van der Waals surface area (Å²) < 4.78 is 5.41. The maximum atomic E-state index is 12.9. The molecule has 0 spiro atoms. The molecule has 1 atom stereocenters. The van der Waals surface area contributed by atoms with Crippen molar-refractivity contribution in [2.24, 2.45) is 5.92 Å². The lowest BCUT2D eigenvalue weighted by Gasteiger charge is -2.32. The van der Waals surface area contributed by atoms with Crippen LogP contribution in [0.4, 0.5) is 5.69 Å². The lowest BCUT2D eigenvalue weighted by atomic mass is 9.93. The summed E-state index contributed by atoms with van der Waals surface area (Å²) in [6.45, 7) is 2.43. The molecule has 1 aromatic carbocycles. The van der Waals surface area contributed by atoms with Gasteiger partial charge < -0.3 is 14.5 Å². The van der Waals surface area contributed by atoms with Crippen molar-refractivity contribution in [1.82, 2.24) is 4.90 Å². The van der Waals surface area contributed by atoms with Gasteiger partial charge in [0.15, 0.2) is 0 Å². The molecule has 1 heterocycles. The van der Waals surface area contributed by atoms with Gasteiger partial charge in [-0.05, 0) is 37.5 Å². The normalized spacial score (nSPS) is 21.5. The smallest absolute Gasteiger partial charge is 0.228 e. The molecule has 1 aliphatic heterocycles. The highest BCUT2D eigenvalue weighted by molar-refractivity contribution is 6.01. The quantitative estimate of drug-likeness (QED) is 0.843. The number of anilines is 1. The highest BCUT2D eigenvalue weighted by Crippen LogP contribution is 2.35. The van der Waals surface area contributed by atoms with Gasteiger partial charge in [-0.2, -0.15) is 0 Å². The second-order valence-electron chi connectivity index (χ2n) is 7.32. The Balaban J connectivity index is 1.74. The van der Waals surface area contributed by atoms with Crippen LogP contribution in [0.2, 0.25) is 0 Å². The minimum absolute atomic E-state index is 0.000654. The fourth-order valence-corrected chi connectivity index (χ4v) is 4.05. The summed E-state index contributed by atoms with van der Waals surface area (Å²) in [5.74, 6) is 0.519. The van der Waals surface area contributed by atoms with Crippen molar-refractivity contribution in [1.29, 1.82) is 0 Å². The summed E-state index contributed by atoms with van der Waals surface area (Å²) in [5.41, 5.74) is 1.83. The van der Waals surface area contributed by atoms with E-state index in [1.54, 1.807) is 12.0 Å². The van der Waals surface area contributed by atoms with Crippen molar-refractivity contribution in [3.63, 3.8) is 0 Å². The number of aryl methyl sites for hydroxylation is 1. The van der Waals surface area contributed by atoms with Gasteiger partial charge in [0.25, 0.3) is 0 Å². The molecular weight excluding hydrogens is 316 g/mol. The molecule has 0 radical (unpaired) electrons. The molecule has 2 aliphatic rings. The Morgan fingerprint density at radius 3 is 2.64 bits per heavy atom. The van der Waals surface area contributed by atoms with Crippen LogP contribution < -0.4 is 9.64 Å². The van der Waals surface area contributed by atoms with Crippen LogP contribution in [-0.2, 0) is 9.59 Å². The van der Waals surface area contributed by atoms with E-state index in [0.29, 0.717) is 18.3 Å². The average molecular weight is 344 g/mol. The number of hydrogen-bond donors (Lipinski definition) is 0.